The van der Waals surface area contributed by atoms with Crippen molar-refractivity contribution in [2.45, 2.75) is 49.8 Å². The van der Waals surface area contributed by atoms with Crippen molar-refractivity contribution in [3.05, 3.63) is 66.2 Å². The molecule has 234 valence electrons. The number of halogens is 3. The fourth-order valence-corrected chi connectivity index (χ4v) is 5.91. The van der Waals surface area contributed by atoms with E-state index in [2.05, 4.69) is 15.3 Å². The molecule has 3 atom stereocenters. The van der Waals surface area contributed by atoms with Gasteiger partial charge in [-0.25, -0.2) is 9.97 Å². The second kappa shape index (κ2) is 16.8. The van der Waals surface area contributed by atoms with Crippen LogP contribution in [0.25, 0.3) is 11.3 Å². The van der Waals surface area contributed by atoms with Gasteiger partial charge in [-0.15, -0.1) is 37.2 Å². The molecule has 0 bridgehead atoms. The fourth-order valence-electron chi connectivity index (χ4n) is 5.91. The van der Waals surface area contributed by atoms with Gasteiger partial charge in [0, 0.05) is 57.0 Å². The molecule has 2 aromatic heterocycles. The molecule has 43 heavy (non-hydrogen) atoms. The van der Waals surface area contributed by atoms with Crippen LogP contribution in [0.3, 0.4) is 0 Å². The van der Waals surface area contributed by atoms with E-state index in [1.807, 2.05) is 45.9 Å². The number of nitriles is 1. The van der Waals surface area contributed by atoms with Crippen LogP contribution in [0, 0.1) is 11.3 Å². The quantitative estimate of drug-likeness (QED) is 0.347. The van der Waals surface area contributed by atoms with Gasteiger partial charge in [-0.3, -0.25) is 4.79 Å². The molecule has 2 aliphatic rings. The number of ether oxygens (including phenoxy) is 2. The number of hydrogen-bond acceptors (Lipinski definition) is 8. The first kappa shape index (κ1) is 36.3. The molecule has 1 aromatic carbocycles. The Morgan fingerprint density at radius 1 is 1.16 bits per heavy atom. The molecule has 1 aliphatic heterocycles. The molecule has 1 amide bonds. The van der Waals surface area contributed by atoms with Crippen LogP contribution in [0.15, 0.2) is 55.0 Å². The van der Waals surface area contributed by atoms with Crippen LogP contribution in [0.2, 0.25) is 0 Å². The third-order valence-electron chi connectivity index (χ3n) is 7.91. The Labute approximate surface area is 271 Å². The summed E-state index contributed by atoms with van der Waals surface area (Å²) in [6, 6.07) is 14.9. The van der Waals surface area contributed by atoms with Crippen molar-refractivity contribution < 1.29 is 19.4 Å². The van der Waals surface area contributed by atoms with Crippen LogP contribution in [0.4, 0.5) is 0 Å². The molecular formula is C30H39Cl3N6O4. The Bertz CT molecular complexity index is 1330. The minimum atomic E-state index is -1.04. The smallest absolute Gasteiger partial charge is 0.275 e. The number of methoxy groups -OCH3 is 1. The van der Waals surface area contributed by atoms with E-state index in [4.69, 9.17) is 14.7 Å². The number of hydrogen-bond donors (Lipinski definition) is 2. The van der Waals surface area contributed by atoms with Crippen molar-refractivity contribution >= 4 is 43.1 Å². The third-order valence-corrected chi connectivity index (χ3v) is 7.91. The molecule has 3 aromatic rings. The molecule has 10 nitrogen and oxygen atoms in total. The highest BCUT2D eigenvalue weighted by molar-refractivity contribution is 5.98. The van der Waals surface area contributed by atoms with Crippen LogP contribution >= 0.6 is 37.2 Å². The molecule has 0 unspecified atom stereocenters. The monoisotopic (exact) mass is 652 g/mol. The number of amides is 1. The number of nitrogens with one attached hydrogen (secondary N) is 1. The first-order chi connectivity index (χ1) is 19.5. The SMILES string of the molecule is COC[C@]1(O)CCCC[C@H]1n1cnc(C(=O)N2CCNC[C@H]2CCOc2ccc(C#N)cn2)c1-c1ccccc1.Cl.Cl.Cl. The van der Waals surface area contributed by atoms with Gasteiger partial charge in [0.15, 0.2) is 5.69 Å². The molecule has 2 fully saturated rings. The zero-order valence-corrected chi connectivity index (χ0v) is 26.5. The second-order valence-corrected chi connectivity index (χ2v) is 10.5. The summed E-state index contributed by atoms with van der Waals surface area (Å²) in [5, 5.41) is 24.0. The highest BCUT2D eigenvalue weighted by Crippen LogP contribution is 2.41. The van der Waals surface area contributed by atoms with Gasteiger partial charge in [0.25, 0.3) is 5.91 Å². The molecule has 0 radical (unpaired) electrons. The average molecular weight is 654 g/mol. The standard InChI is InChI=1S/C30H36N6O4.3ClH/c1-39-20-30(38)13-6-5-9-25(30)36-21-34-27(28(36)23-7-3-2-4-8-23)29(37)35-15-14-32-19-24(35)12-16-40-26-11-10-22(17-31)18-33-26;;;/h2-4,7-8,10-11,18,21,24-25,32,38H,5-6,9,12-16,19-20H2,1H3;3*1H/t24-,25-,30-;;;/m1.../s1. The van der Waals surface area contributed by atoms with E-state index < -0.39 is 5.60 Å². The summed E-state index contributed by atoms with van der Waals surface area (Å²) in [6.45, 7) is 2.49. The van der Waals surface area contributed by atoms with Crippen molar-refractivity contribution in [2.75, 3.05) is 40.0 Å². The van der Waals surface area contributed by atoms with Crippen LogP contribution in [0.5, 0.6) is 5.88 Å². The number of pyridine rings is 1. The van der Waals surface area contributed by atoms with Gasteiger partial charge in [-0.2, -0.15) is 5.26 Å². The lowest BCUT2D eigenvalue weighted by Crippen LogP contribution is -2.54. The van der Waals surface area contributed by atoms with Gasteiger partial charge in [-0.05, 0) is 18.9 Å². The molecule has 2 N–H and O–H groups in total. The van der Waals surface area contributed by atoms with Crippen LogP contribution in [-0.4, -0.2) is 82.0 Å². The predicted octanol–water partition coefficient (Wildman–Crippen LogP) is 4.46. The van der Waals surface area contributed by atoms with Crippen molar-refractivity contribution in [3.8, 4) is 23.2 Å². The number of carbonyl (C=O) groups excluding carboxylic acids is 1. The molecule has 0 spiro atoms. The minimum absolute atomic E-state index is 0. The lowest BCUT2D eigenvalue weighted by atomic mass is 9.80. The van der Waals surface area contributed by atoms with E-state index in [1.54, 1.807) is 25.6 Å². The largest absolute Gasteiger partial charge is 0.478 e. The summed E-state index contributed by atoms with van der Waals surface area (Å²) < 4.78 is 13.2. The number of rotatable bonds is 9. The maximum atomic E-state index is 14.1. The van der Waals surface area contributed by atoms with Gasteiger partial charge in [0.1, 0.15) is 11.7 Å². The van der Waals surface area contributed by atoms with Crippen molar-refractivity contribution in [2.24, 2.45) is 0 Å². The Kier molecular flexibility index (Phi) is 14.2. The van der Waals surface area contributed by atoms with Gasteiger partial charge >= 0.3 is 0 Å². The molecule has 1 saturated heterocycles. The van der Waals surface area contributed by atoms with Crippen LogP contribution < -0.4 is 10.1 Å². The lowest BCUT2D eigenvalue weighted by Gasteiger charge is -2.41. The van der Waals surface area contributed by atoms with Gasteiger partial charge in [0.2, 0.25) is 5.88 Å². The Balaban J connectivity index is 0.00000215. The van der Waals surface area contributed by atoms with Crippen molar-refractivity contribution in [1.82, 2.24) is 24.8 Å². The second-order valence-electron chi connectivity index (χ2n) is 10.5. The number of nitrogens with zero attached hydrogens (tertiary/aromatic N) is 5. The summed E-state index contributed by atoms with van der Waals surface area (Å²) >= 11 is 0. The molecule has 1 saturated carbocycles. The number of piperazine rings is 1. The van der Waals surface area contributed by atoms with Gasteiger partial charge in [0.05, 0.1) is 36.8 Å². The Morgan fingerprint density at radius 2 is 1.95 bits per heavy atom. The van der Waals surface area contributed by atoms with Crippen molar-refractivity contribution in [3.63, 3.8) is 0 Å². The van der Waals surface area contributed by atoms with Crippen LogP contribution in [-0.2, 0) is 4.74 Å². The van der Waals surface area contributed by atoms with Gasteiger partial charge < -0.3 is 29.4 Å². The van der Waals surface area contributed by atoms with E-state index in [0.29, 0.717) is 56.2 Å². The molecule has 1 aliphatic carbocycles. The first-order valence-corrected chi connectivity index (χ1v) is 13.9. The first-order valence-electron chi connectivity index (χ1n) is 13.9. The zero-order valence-electron chi connectivity index (χ0n) is 24.1. The number of imidazole rings is 1. The summed E-state index contributed by atoms with van der Waals surface area (Å²) in [6.07, 6.45) is 7.13. The average Bonchev–Trinajstić information content (AvgIpc) is 3.43. The summed E-state index contributed by atoms with van der Waals surface area (Å²) in [7, 11) is 1.61. The highest BCUT2D eigenvalue weighted by atomic mass is 35.5. The Morgan fingerprint density at radius 3 is 2.65 bits per heavy atom. The van der Waals surface area contributed by atoms with Gasteiger partial charge in [-0.1, -0.05) is 43.2 Å². The summed E-state index contributed by atoms with van der Waals surface area (Å²) in [5.74, 6) is 0.313. The Hall–Kier alpha value is -2.91. The highest BCUT2D eigenvalue weighted by Gasteiger charge is 2.42. The van der Waals surface area contributed by atoms with E-state index >= 15 is 0 Å². The summed E-state index contributed by atoms with van der Waals surface area (Å²) in [5.41, 5.74) is 1.44. The maximum Gasteiger partial charge on any atom is 0.275 e. The molecule has 3 heterocycles. The number of benzene rings is 1. The van der Waals surface area contributed by atoms with E-state index in [-0.39, 0.29) is 61.8 Å². The fraction of sp³-hybridized carbons (Fsp3) is 0.467. The normalized spacial score (nSPS) is 21.4. The maximum absolute atomic E-state index is 14.1. The molecular weight excluding hydrogens is 615 g/mol. The number of aliphatic hydroxyl groups is 1. The molecule has 5 rings (SSSR count). The predicted molar refractivity (Wildman–Crippen MR) is 170 cm³/mol. The van der Waals surface area contributed by atoms with E-state index in [9.17, 15) is 9.90 Å². The van der Waals surface area contributed by atoms with E-state index in [1.165, 1.54) is 6.20 Å². The number of carbonyl (C=O) groups is 1. The molecule has 13 heteroatoms. The topological polar surface area (TPSA) is 126 Å². The summed E-state index contributed by atoms with van der Waals surface area (Å²) in [4.78, 5) is 24.9. The minimum Gasteiger partial charge on any atom is -0.478 e. The number of aromatic nitrogens is 3. The van der Waals surface area contributed by atoms with E-state index in [0.717, 1.165) is 30.5 Å². The zero-order chi connectivity index (χ0) is 28.0. The lowest BCUT2D eigenvalue weighted by molar-refractivity contribution is -0.0893. The van der Waals surface area contributed by atoms with Crippen molar-refractivity contribution in [1.29, 1.82) is 5.26 Å². The third kappa shape index (κ3) is 8.18. The van der Waals surface area contributed by atoms with Crippen LogP contribution in [0.1, 0.15) is 54.2 Å².